The number of hydrogen-bond acceptors (Lipinski definition) is 3. The topological polar surface area (TPSA) is 29.3 Å². The molecular weight excluding hydrogens is 548 g/mol. The number of hydrogen-bond donors (Lipinski definition) is 0. The molecule has 0 bridgehead atoms. The van der Waals surface area contributed by atoms with Crippen LogP contribution in [0.4, 0.5) is 17.1 Å². The minimum Gasteiger partial charge on any atom is -0.438 e. The summed E-state index contributed by atoms with van der Waals surface area (Å²) < 4.78 is 6.27. The smallest absolute Gasteiger partial charge is 0.227 e. The van der Waals surface area contributed by atoms with E-state index >= 15 is 0 Å². The molecular formula is C42H30N2O. The lowest BCUT2D eigenvalue weighted by Gasteiger charge is -2.28. The van der Waals surface area contributed by atoms with Gasteiger partial charge in [0.05, 0.1) is 17.3 Å². The van der Waals surface area contributed by atoms with Gasteiger partial charge in [-0.2, -0.15) is 0 Å². The molecule has 2 heterocycles. The Bertz CT molecular complexity index is 2400. The summed E-state index contributed by atoms with van der Waals surface area (Å²) >= 11 is 0. The molecule has 0 unspecified atom stereocenters. The molecule has 0 radical (unpaired) electrons. The fraction of sp³-hybridized carbons (Fsp3) is 0.0714. The summed E-state index contributed by atoms with van der Waals surface area (Å²) in [5.74, 6) is 0. The van der Waals surface area contributed by atoms with E-state index in [4.69, 9.17) is 9.40 Å². The van der Waals surface area contributed by atoms with Gasteiger partial charge in [0.15, 0.2) is 0 Å². The monoisotopic (exact) mass is 578 g/mol. The fourth-order valence-corrected chi connectivity index (χ4v) is 7.25. The van der Waals surface area contributed by atoms with Crippen LogP contribution < -0.4 is 4.90 Å². The van der Waals surface area contributed by atoms with Gasteiger partial charge in [-0.05, 0) is 80.6 Å². The van der Waals surface area contributed by atoms with E-state index in [9.17, 15) is 0 Å². The van der Waals surface area contributed by atoms with Crippen LogP contribution in [-0.2, 0) is 5.41 Å². The van der Waals surface area contributed by atoms with E-state index in [1.54, 1.807) is 0 Å². The van der Waals surface area contributed by atoms with Crippen molar-refractivity contribution in [2.24, 2.45) is 0 Å². The molecule has 9 rings (SSSR count). The third kappa shape index (κ3) is 3.94. The van der Waals surface area contributed by atoms with Crippen LogP contribution in [-0.4, -0.2) is 4.98 Å². The van der Waals surface area contributed by atoms with Crippen LogP contribution in [0.3, 0.4) is 0 Å². The molecule has 2 aromatic heterocycles. The molecule has 0 aliphatic heterocycles. The standard InChI is InChI=1S/C42H30N2O/c1-42(2)37-15-9-8-14-34(37)35-22-21-31(25-38(35)42)44(30-19-16-28(17-20-30)27-10-4-3-5-11-27)32-24-36-40-33-13-7-6-12-29(33)18-23-39(40)45-41(36)43-26-32/h3-26H,1-2H3. The predicted molar refractivity (Wildman–Crippen MR) is 187 cm³/mol. The lowest BCUT2D eigenvalue weighted by Crippen LogP contribution is -2.16. The Balaban J connectivity index is 1.25. The zero-order valence-electron chi connectivity index (χ0n) is 25.2. The molecule has 0 atom stereocenters. The second-order valence-electron chi connectivity index (χ2n) is 12.5. The van der Waals surface area contributed by atoms with Gasteiger partial charge >= 0.3 is 0 Å². The summed E-state index contributed by atoms with van der Waals surface area (Å²) in [6.07, 6.45) is 1.94. The zero-order chi connectivity index (χ0) is 30.1. The van der Waals surface area contributed by atoms with Crippen LogP contribution in [0.25, 0.3) is 55.1 Å². The van der Waals surface area contributed by atoms with E-state index in [2.05, 4.69) is 158 Å². The van der Waals surface area contributed by atoms with Crippen LogP contribution in [0.15, 0.2) is 150 Å². The Labute approximate surface area is 262 Å². The highest BCUT2D eigenvalue weighted by atomic mass is 16.3. The van der Waals surface area contributed by atoms with Crippen LogP contribution in [0.2, 0.25) is 0 Å². The predicted octanol–water partition coefficient (Wildman–Crippen LogP) is 11.6. The molecule has 1 aliphatic carbocycles. The van der Waals surface area contributed by atoms with Crippen LogP contribution in [0.1, 0.15) is 25.0 Å². The number of pyridine rings is 1. The van der Waals surface area contributed by atoms with E-state index in [0.717, 1.165) is 33.4 Å². The van der Waals surface area contributed by atoms with Crippen molar-refractivity contribution in [2.45, 2.75) is 19.3 Å². The Morgan fingerprint density at radius 2 is 1.27 bits per heavy atom. The quantitative estimate of drug-likeness (QED) is 0.208. The summed E-state index contributed by atoms with van der Waals surface area (Å²) in [6.45, 7) is 4.66. The molecule has 6 aromatic carbocycles. The minimum absolute atomic E-state index is 0.105. The molecule has 0 fully saturated rings. The highest BCUT2D eigenvalue weighted by molar-refractivity contribution is 6.18. The summed E-state index contributed by atoms with van der Waals surface area (Å²) in [7, 11) is 0. The van der Waals surface area contributed by atoms with Gasteiger partial charge < -0.3 is 9.32 Å². The fourth-order valence-electron chi connectivity index (χ4n) is 7.25. The summed E-state index contributed by atoms with van der Waals surface area (Å²) in [4.78, 5) is 7.21. The highest BCUT2D eigenvalue weighted by Gasteiger charge is 2.35. The van der Waals surface area contributed by atoms with E-state index < -0.39 is 0 Å². The van der Waals surface area contributed by atoms with Crippen LogP contribution in [0.5, 0.6) is 0 Å². The second kappa shape index (κ2) is 9.67. The van der Waals surface area contributed by atoms with Gasteiger partial charge in [-0.1, -0.05) is 117 Å². The number of aromatic nitrogens is 1. The number of anilines is 3. The van der Waals surface area contributed by atoms with E-state index in [1.165, 1.54) is 44.2 Å². The molecule has 45 heavy (non-hydrogen) atoms. The van der Waals surface area contributed by atoms with Gasteiger partial charge in [-0.15, -0.1) is 0 Å². The van der Waals surface area contributed by atoms with Crippen LogP contribution in [0, 0.1) is 0 Å². The maximum atomic E-state index is 6.27. The Morgan fingerprint density at radius 1 is 0.556 bits per heavy atom. The van der Waals surface area contributed by atoms with Gasteiger partial charge in [-0.25, -0.2) is 4.98 Å². The van der Waals surface area contributed by atoms with Gasteiger partial charge in [0, 0.05) is 22.2 Å². The van der Waals surface area contributed by atoms with Gasteiger partial charge in [-0.3, -0.25) is 0 Å². The van der Waals surface area contributed by atoms with Gasteiger partial charge in [0.1, 0.15) is 5.58 Å². The lowest BCUT2D eigenvalue weighted by molar-refractivity contribution is 0.654. The minimum atomic E-state index is -0.105. The SMILES string of the molecule is CC1(C)c2ccccc2-c2ccc(N(c3ccc(-c4ccccc4)cc3)c3cnc4oc5ccc6ccccc6c5c4c3)cc21. The maximum absolute atomic E-state index is 6.27. The first-order chi connectivity index (χ1) is 22.1. The van der Waals surface area contributed by atoms with E-state index in [1.807, 2.05) is 6.20 Å². The third-order valence-corrected chi connectivity index (χ3v) is 9.52. The van der Waals surface area contributed by atoms with E-state index in [0.29, 0.717) is 5.71 Å². The molecule has 3 nitrogen and oxygen atoms in total. The van der Waals surface area contributed by atoms with Crippen molar-refractivity contribution in [3.05, 3.63) is 157 Å². The van der Waals surface area contributed by atoms with Crippen molar-refractivity contribution in [2.75, 3.05) is 4.90 Å². The molecule has 8 aromatic rings. The lowest BCUT2D eigenvalue weighted by atomic mass is 9.82. The molecule has 0 N–H and O–H groups in total. The molecule has 0 amide bonds. The highest BCUT2D eigenvalue weighted by Crippen LogP contribution is 2.50. The number of furan rings is 1. The maximum Gasteiger partial charge on any atom is 0.227 e. The van der Waals surface area contributed by atoms with Crippen molar-refractivity contribution in [1.82, 2.24) is 4.98 Å². The molecule has 0 spiro atoms. The number of benzene rings is 6. The first kappa shape index (κ1) is 25.8. The first-order valence-electron chi connectivity index (χ1n) is 15.5. The van der Waals surface area contributed by atoms with Crippen molar-refractivity contribution in [3.63, 3.8) is 0 Å². The largest absolute Gasteiger partial charge is 0.438 e. The average Bonchev–Trinajstić information content (AvgIpc) is 3.58. The average molecular weight is 579 g/mol. The molecule has 0 saturated carbocycles. The molecule has 1 aliphatic rings. The number of fused-ring (bicyclic) bond motifs is 8. The molecule has 0 saturated heterocycles. The van der Waals surface area contributed by atoms with Crippen molar-refractivity contribution < 1.29 is 4.42 Å². The normalized spacial score (nSPS) is 13.3. The molecule has 214 valence electrons. The number of nitrogens with zero attached hydrogens (tertiary/aromatic N) is 2. The Kier molecular flexibility index (Phi) is 5.54. The van der Waals surface area contributed by atoms with Crippen molar-refractivity contribution in [1.29, 1.82) is 0 Å². The van der Waals surface area contributed by atoms with Crippen LogP contribution >= 0.6 is 0 Å². The molecule has 3 heteroatoms. The summed E-state index contributed by atoms with van der Waals surface area (Å²) in [6, 6.07) is 49.9. The second-order valence-corrected chi connectivity index (χ2v) is 12.5. The van der Waals surface area contributed by atoms with Crippen molar-refractivity contribution >= 4 is 49.9 Å². The third-order valence-electron chi connectivity index (χ3n) is 9.52. The van der Waals surface area contributed by atoms with Gasteiger partial charge in [0.2, 0.25) is 5.71 Å². The zero-order valence-corrected chi connectivity index (χ0v) is 25.2. The van der Waals surface area contributed by atoms with E-state index in [-0.39, 0.29) is 5.41 Å². The Hall–Kier alpha value is -5.67. The summed E-state index contributed by atoms with van der Waals surface area (Å²) in [5, 5.41) is 4.47. The first-order valence-corrected chi connectivity index (χ1v) is 15.5. The Morgan fingerprint density at radius 3 is 2.13 bits per heavy atom. The van der Waals surface area contributed by atoms with Crippen molar-refractivity contribution in [3.8, 4) is 22.3 Å². The van der Waals surface area contributed by atoms with Gasteiger partial charge in [0.25, 0.3) is 0 Å². The summed E-state index contributed by atoms with van der Waals surface area (Å²) in [5.41, 5.74) is 12.3. The number of rotatable bonds is 4.